The number of benzene rings is 2. The molecular formula is C24H28O3. The first-order valence-corrected chi connectivity index (χ1v) is 9.44. The number of hydrogen-bond donors (Lipinski definition) is 2. The third-order valence-electron chi connectivity index (χ3n) is 5.87. The first kappa shape index (κ1) is 19.4. The average molecular weight is 364 g/mol. The molecule has 0 unspecified atom stereocenters. The first-order valence-electron chi connectivity index (χ1n) is 9.44. The second-order valence-electron chi connectivity index (χ2n) is 8.79. The molecule has 0 amide bonds. The summed E-state index contributed by atoms with van der Waals surface area (Å²) in [6.07, 6.45) is 3.92. The maximum Gasteiger partial charge on any atom is 0.336 e. The third kappa shape index (κ3) is 3.84. The summed E-state index contributed by atoms with van der Waals surface area (Å²) in [5, 5.41) is 19.0. The van der Waals surface area contributed by atoms with Crippen molar-refractivity contribution >= 4 is 17.6 Å². The molecule has 0 spiro atoms. The molecule has 3 rings (SSSR count). The highest BCUT2D eigenvalue weighted by atomic mass is 16.4. The van der Waals surface area contributed by atoms with E-state index in [1.54, 1.807) is 6.08 Å². The molecule has 0 bridgehead atoms. The molecule has 0 heterocycles. The summed E-state index contributed by atoms with van der Waals surface area (Å²) in [4.78, 5) is 12.0. The molecule has 27 heavy (non-hydrogen) atoms. The molecule has 0 radical (unpaired) electrons. The molecule has 1 aliphatic carbocycles. The Morgan fingerprint density at radius 1 is 0.963 bits per heavy atom. The van der Waals surface area contributed by atoms with Gasteiger partial charge in [-0.25, -0.2) is 4.79 Å². The van der Waals surface area contributed by atoms with Crippen molar-refractivity contribution < 1.29 is 15.0 Å². The van der Waals surface area contributed by atoms with E-state index >= 15 is 0 Å². The minimum atomic E-state index is -0.936. The van der Waals surface area contributed by atoms with Gasteiger partial charge in [-0.15, -0.1) is 0 Å². The van der Waals surface area contributed by atoms with Gasteiger partial charge in [-0.2, -0.15) is 0 Å². The highest BCUT2D eigenvalue weighted by Gasteiger charge is 2.37. The SMILES string of the molecule is CC1(C)CCC(C)(C)c2cc(C(=Cc3ccc(CO)cc3)C(=O)O)ccc21. The Kier molecular flexibility index (Phi) is 5.00. The smallest absolute Gasteiger partial charge is 0.336 e. The van der Waals surface area contributed by atoms with Crippen molar-refractivity contribution in [1.29, 1.82) is 0 Å². The molecule has 0 atom stereocenters. The summed E-state index contributed by atoms with van der Waals surface area (Å²) < 4.78 is 0. The minimum absolute atomic E-state index is 0.0223. The third-order valence-corrected chi connectivity index (χ3v) is 5.87. The maximum absolute atomic E-state index is 12.0. The monoisotopic (exact) mass is 364 g/mol. The number of hydrogen-bond acceptors (Lipinski definition) is 2. The zero-order valence-corrected chi connectivity index (χ0v) is 16.5. The van der Waals surface area contributed by atoms with Crippen LogP contribution in [0.3, 0.4) is 0 Å². The zero-order chi connectivity index (χ0) is 19.8. The predicted molar refractivity (Wildman–Crippen MR) is 110 cm³/mol. The van der Waals surface area contributed by atoms with Crippen LogP contribution in [0.5, 0.6) is 0 Å². The van der Waals surface area contributed by atoms with Gasteiger partial charge < -0.3 is 10.2 Å². The van der Waals surface area contributed by atoms with Gasteiger partial charge in [-0.1, -0.05) is 70.2 Å². The topological polar surface area (TPSA) is 57.5 Å². The Morgan fingerprint density at radius 3 is 2.11 bits per heavy atom. The number of aliphatic carboxylic acids is 1. The minimum Gasteiger partial charge on any atom is -0.478 e. The highest BCUT2D eigenvalue weighted by Crippen LogP contribution is 2.46. The summed E-state index contributed by atoms with van der Waals surface area (Å²) in [6.45, 7) is 8.98. The molecule has 1 aliphatic rings. The van der Waals surface area contributed by atoms with Crippen LogP contribution in [0.2, 0.25) is 0 Å². The van der Waals surface area contributed by atoms with E-state index in [2.05, 4.69) is 39.8 Å². The Hall–Kier alpha value is -2.39. The van der Waals surface area contributed by atoms with Gasteiger partial charge in [-0.05, 0) is 57.6 Å². The fourth-order valence-electron chi connectivity index (χ4n) is 3.91. The molecule has 0 saturated carbocycles. The Labute approximate surface area is 161 Å². The largest absolute Gasteiger partial charge is 0.478 e. The van der Waals surface area contributed by atoms with Crippen LogP contribution >= 0.6 is 0 Å². The molecule has 0 saturated heterocycles. The van der Waals surface area contributed by atoms with E-state index in [1.807, 2.05) is 30.3 Å². The van der Waals surface area contributed by atoms with E-state index < -0.39 is 5.97 Å². The molecule has 0 aromatic heterocycles. The molecule has 0 fully saturated rings. The molecule has 142 valence electrons. The van der Waals surface area contributed by atoms with E-state index in [0.717, 1.165) is 29.5 Å². The van der Waals surface area contributed by atoms with Crippen molar-refractivity contribution in [1.82, 2.24) is 0 Å². The van der Waals surface area contributed by atoms with Gasteiger partial charge >= 0.3 is 5.97 Å². The van der Waals surface area contributed by atoms with Crippen LogP contribution in [0.1, 0.15) is 68.4 Å². The summed E-state index contributed by atoms with van der Waals surface area (Å²) in [5.41, 5.74) is 5.35. The lowest BCUT2D eigenvalue weighted by atomic mass is 9.63. The lowest BCUT2D eigenvalue weighted by molar-refractivity contribution is -0.130. The predicted octanol–water partition coefficient (Wildman–Crippen LogP) is 5.15. The summed E-state index contributed by atoms with van der Waals surface area (Å²) in [7, 11) is 0. The highest BCUT2D eigenvalue weighted by molar-refractivity contribution is 6.20. The van der Waals surface area contributed by atoms with Gasteiger partial charge in [-0.3, -0.25) is 0 Å². The Bertz CT molecular complexity index is 886. The standard InChI is InChI=1S/C24H28O3/c1-23(2)11-12-24(3,4)21-14-18(9-10-20(21)23)19(22(26)27)13-16-5-7-17(15-25)8-6-16/h5-10,13-14,25H,11-12,15H2,1-4H3,(H,26,27). The van der Waals surface area contributed by atoms with Crippen LogP contribution in [0, 0.1) is 0 Å². The van der Waals surface area contributed by atoms with Crippen molar-refractivity contribution in [2.45, 2.75) is 58.0 Å². The van der Waals surface area contributed by atoms with Crippen molar-refractivity contribution in [3.05, 3.63) is 70.3 Å². The van der Waals surface area contributed by atoms with E-state index in [1.165, 1.54) is 11.1 Å². The maximum atomic E-state index is 12.0. The molecule has 0 aliphatic heterocycles. The Morgan fingerprint density at radius 2 is 1.56 bits per heavy atom. The quantitative estimate of drug-likeness (QED) is 0.582. The van der Waals surface area contributed by atoms with Crippen LogP contribution < -0.4 is 0 Å². The number of rotatable bonds is 4. The van der Waals surface area contributed by atoms with Crippen LogP contribution in [-0.2, 0) is 22.2 Å². The second-order valence-corrected chi connectivity index (χ2v) is 8.79. The summed E-state index contributed by atoms with van der Waals surface area (Å²) in [6, 6.07) is 13.4. The lowest BCUT2D eigenvalue weighted by Gasteiger charge is -2.42. The molecule has 2 aromatic carbocycles. The van der Waals surface area contributed by atoms with Crippen LogP contribution in [0.25, 0.3) is 11.6 Å². The number of aliphatic hydroxyl groups is 1. The fourth-order valence-corrected chi connectivity index (χ4v) is 3.91. The van der Waals surface area contributed by atoms with Crippen molar-refractivity contribution in [3.63, 3.8) is 0 Å². The molecule has 2 N–H and O–H groups in total. The average Bonchev–Trinajstić information content (AvgIpc) is 2.63. The van der Waals surface area contributed by atoms with Crippen molar-refractivity contribution in [3.8, 4) is 0 Å². The number of fused-ring (bicyclic) bond motifs is 1. The van der Waals surface area contributed by atoms with E-state index in [9.17, 15) is 15.0 Å². The number of carbonyl (C=O) groups is 1. The zero-order valence-electron chi connectivity index (χ0n) is 16.5. The molecular weight excluding hydrogens is 336 g/mol. The van der Waals surface area contributed by atoms with Gasteiger partial charge in [0.05, 0.1) is 12.2 Å². The van der Waals surface area contributed by atoms with Gasteiger partial charge in [0.25, 0.3) is 0 Å². The summed E-state index contributed by atoms with van der Waals surface area (Å²) in [5.74, 6) is -0.936. The summed E-state index contributed by atoms with van der Waals surface area (Å²) >= 11 is 0. The van der Waals surface area contributed by atoms with Gasteiger partial charge in [0.15, 0.2) is 0 Å². The van der Waals surface area contributed by atoms with Gasteiger partial charge in [0.1, 0.15) is 0 Å². The fraction of sp³-hybridized carbons (Fsp3) is 0.375. The van der Waals surface area contributed by atoms with Crippen molar-refractivity contribution in [2.75, 3.05) is 0 Å². The van der Waals surface area contributed by atoms with Crippen LogP contribution in [0.4, 0.5) is 0 Å². The number of carboxylic acids is 1. The normalized spacial score (nSPS) is 18.0. The van der Waals surface area contributed by atoms with E-state index in [4.69, 9.17) is 0 Å². The number of aliphatic hydroxyl groups excluding tert-OH is 1. The van der Waals surface area contributed by atoms with Crippen LogP contribution in [0.15, 0.2) is 42.5 Å². The van der Waals surface area contributed by atoms with Crippen LogP contribution in [-0.4, -0.2) is 16.2 Å². The van der Waals surface area contributed by atoms with E-state index in [-0.39, 0.29) is 23.0 Å². The Balaban J connectivity index is 2.09. The van der Waals surface area contributed by atoms with Gasteiger partial charge in [0, 0.05) is 0 Å². The second kappa shape index (κ2) is 6.97. The molecule has 2 aromatic rings. The lowest BCUT2D eigenvalue weighted by Crippen LogP contribution is -2.33. The first-order chi connectivity index (χ1) is 12.6. The van der Waals surface area contributed by atoms with Crippen molar-refractivity contribution in [2.24, 2.45) is 0 Å². The van der Waals surface area contributed by atoms with Gasteiger partial charge in [0.2, 0.25) is 0 Å². The molecule has 3 heteroatoms. The number of carboxylic acid groups (broad SMARTS) is 1. The van der Waals surface area contributed by atoms with E-state index in [0.29, 0.717) is 0 Å². The molecule has 3 nitrogen and oxygen atoms in total.